The van der Waals surface area contributed by atoms with Crippen LogP contribution in [0.2, 0.25) is 0 Å². The molecule has 1 aromatic heterocycles. The lowest BCUT2D eigenvalue weighted by Gasteiger charge is -2.23. The summed E-state index contributed by atoms with van der Waals surface area (Å²) in [5, 5.41) is 14.4. The number of nitrogens with zero attached hydrogens (tertiary/aromatic N) is 3. The molecule has 0 amide bonds. The first-order chi connectivity index (χ1) is 10.2. The number of aryl methyl sites for hydroxylation is 1. The van der Waals surface area contributed by atoms with Crippen LogP contribution in [0.25, 0.3) is 0 Å². The number of nitrogen functional groups attached to an aromatic ring is 1. The molecule has 0 fully saturated rings. The lowest BCUT2D eigenvalue weighted by atomic mass is 10.0. The van der Waals surface area contributed by atoms with Gasteiger partial charge in [-0.1, -0.05) is 24.3 Å². The second kappa shape index (κ2) is 6.28. The molecule has 112 valence electrons. The number of nitrogens with two attached hydrogens (primary N) is 1. The van der Waals surface area contributed by atoms with Gasteiger partial charge in [-0.05, 0) is 30.5 Å². The highest BCUT2D eigenvalue weighted by atomic mass is 16.3. The molecule has 21 heavy (non-hydrogen) atoms. The van der Waals surface area contributed by atoms with Gasteiger partial charge < -0.3 is 10.8 Å². The maximum Gasteiger partial charge on any atom is 0.0862 e. The highest BCUT2D eigenvalue weighted by molar-refractivity contribution is 5.30. The Labute approximate surface area is 125 Å². The molecule has 2 aromatic rings. The average Bonchev–Trinajstić information content (AvgIpc) is 2.74. The van der Waals surface area contributed by atoms with Gasteiger partial charge in [0.15, 0.2) is 0 Å². The van der Waals surface area contributed by atoms with Crippen molar-refractivity contribution in [1.82, 2.24) is 14.7 Å². The van der Waals surface area contributed by atoms with Gasteiger partial charge in [0.2, 0.25) is 0 Å². The number of anilines is 1. The Hall–Kier alpha value is -1.85. The molecule has 2 heterocycles. The maximum atomic E-state index is 10.3. The van der Waals surface area contributed by atoms with E-state index in [1.54, 1.807) is 17.1 Å². The molecule has 1 unspecified atom stereocenters. The van der Waals surface area contributed by atoms with Crippen LogP contribution in [-0.2, 0) is 19.5 Å². The second-order valence-electron chi connectivity index (χ2n) is 5.76. The van der Waals surface area contributed by atoms with E-state index in [9.17, 15) is 5.11 Å². The van der Waals surface area contributed by atoms with Crippen molar-refractivity contribution in [2.75, 3.05) is 18.8 Å². The zero-order valence-electron chi connectivity index (χ0n) is 12.2. The Morgan fingerprint density at radius 2 is 2.05 bits per heavy atom. The third-order valence-electron chi connectivity index (χ3n) is 3.95. The molecule has 0 bridgehead atoms. The number of fused-ring (bicyclic) bond motifs is 1. The first-order valence-corrected chi connectivity index (χ1v) is 7.46. The number of β-amino-alcohol motifs (C(OH)–C–C–N with tert-alkyl or cyclic N) is 1. The van der Waals surface area contributed by atoms with Gasteiger partial charge in [-0.15, -0.1) is 0 Å². The fourth-order valence-corrected chi connectivity index (χ4v) is 2.98. The molecule has 1 aliphatic rings. The van der Waals surface area contributed by atoms with Crippen molar-refractivity contribution in [1.29, 1.82) is 0 Å². The third kappa shape index (κ3) is 3.62. The number of aliphatic hydroxyl groups excluding tert-OH is 1. The Bertz CT molecular complexity index is 595. The number of rotatable bonds is 4. The largest absolute Gasteiger partial charge is 0.396 e. The van der Waals surface area contributed by atoms with Crippen molar-refractivity contribution < 1.29 is 5.11 Å². The number of hydrogen-bond acceptors (Lipinski definition) is 4. The van der Waals surface area contributed by atoms with E-state index >= 15 is 0 Å². The van der Waals surface area contributed by atoms with E-state index < -0.39 is 6.10 Å². The summed E-state index contributed by atoms with van der Waals surface area (Å²) < 4.78 is 1.70. The fraction of sp³-hybridized carbons (Fsp3) is 0.438. The average molecular weight is 286 g/mol. The van der Waals surface area contributed by atoms with Crippen LogP contribution in [0.1, 0.15) is 17.5 Å². The van der Waals surface area contributed by atoms with Crippen LogP contribution in [0.5, 0.6) is 0 Å². The SMILES string of the molecule is Nc1cnn(CC(O)CN2CCCc3ccccc3C2)c1. The topological polar surface area (TPSA) is 67.3 Å². The highest BCUT2D eigenvalue weighted by Gasteiger charge is 2.17. The van der Waals surface area contributed by atoms with Crippen LogP contribution in [0.4, 0.5) is 5.69 Å². The Morgan fingerprint density at radius 1 is 1.24 bits per heavy atom. The predicted molar refractivity (Wildman–Crippen MR) is 82.7 cm³/mol. The lowest BCUT2D eigenvalue weighted by Crippen LogP contribution is -2.34. The quantitative estimate of drug-likeness (QED) is 0.888. The van der Waals surface area contributed by atoms with Gasteiger partial charge >= 0.3 is 0 Å². The van der Waals surface area contributed by atoms with E-state index in [1.807, 2.05) is 0 Å². The van der Waals surface area contributed by atoms with Gasteiger partial charge in [0.25, 0.3) is 0 Å². The zero-order valence-corrected chi connectivity index (χ0v) is 12.2. The molecule has 5 nitrogen and oxygen atoms in total. The van der Waals surface area contributed by atoms with E-state index in [-0.39, 0.29) is 0 Å². The van der Waals surface area contributed by atoms with E-state index in [1.165, 1.54) is 11.1 Å². The number of aromatic nitrogens is 2. The van der Waals surface area contributed by atoms with Crippen molar-refractivity contribution in [3.63, 3.8) is 0 Å². The fourth-order valence-electron chi connectivity index (χ4n) is 2.98. The molecular formula is C16H22N4O. The van der Waals surface area contributed by atoms with Gasteiger partial charge in [-0.3, -0.25) is 9.58 Å². The van der Waals surface area contributed by atoms with Gasteiger partial charge in [-0.2, -0.15) is 5.10 Å². The minimum atomic E-state index is -0.436. The van der Waals surface area contributed by atoms with E-state index in [0.717, 1.165) is 25.9 Å². The van der Waals surface area contributed by atoms with Crippen LogP contribution in [0.15, 0.2) is 36.7 Å². The summed E-state index contributed by atoms with van der Waals surface area (Å²) >= 11 is 0. The van der Waals surface area contributed by atoms with Crippen molar-refractivity contribution in [2.45, 2.75) is 32.0 Å². The second-order valence-corrected chi connectivity index (χ2v) is 5.76. The minimum absolute atomic E-state index is 0.436. The highest BCUT2D eigenvalue weighted by Crippen LogP contribution is 2.18. The van der Waals surface area contributed by atoms with Crippen LogP contribution in [0.3, 0.4) is 0 Å². The van der Waals surface area contributed by atoms with Crippen molar-refractivity contribution in [3.05, 3.63) is 47.8 Å². The van der Waals surface area contributed by atoms with Gasteiger partial charge in [-0.25, -0.2) is 0 Å². The summed E-state index contributed by atoms with van der Waals surface area (Å²) in [6.07, 6.45) is 5.18. The molecule has 3 rings (SSSR count). The first kappa shape index (κ1) is 14.1. The van der Waals surface area contributed by atoms with E-state index in [4.69, 9.17) is 5.73 Å². The molecule has 0 aliphatic carbocycles. The molecule has 1 aliphatic heterocycles. The summed E-state index contributed by atoms with van der Waals surface area (Å²) in [5.74, 6) is 0. The molecule has 0 radical (unpaired) electrons. The minimum Gasteiger partial charge on any atom is -0.396 e. The smallest absolute Gasteiger partial charge is 0.0862 e. The molecule has 0 saturated carbocycles. The maximum absolute atomic E-state index is 10.3. The van der Waals surface area contributed by atoms with Gasteiger partial charge in [0.05, 0.1) is 24.5 Å². The van der Waals surface area contributed by atoms with Gasteiger partial charge in [0, 0.05) is 19.3 Å². The molecular weight excluding hydrogens is 264 g/mol. The van der Waals surface area contributed by atoms with Crippen LogP contribution < -0.4 is 5.73 Å². The number of hydrogen-bond donors (Lipinski definition) is 2. The zero-order chi connectivity index (χ0) is 14.7. The molecule has 5 heteroatoms. The first-order valence-electron chi connectivity index (χ1n) is 7.46. The third-order valence-corrected chi connectivity index (χ3v) is 3.95. The van der Waals surface area contributed by atoms with Crippen molar-refractivity contribution in [3.8, 4) is 0 Å². The standard InChI is InChI=1S/C16H22N4O/c17-15-8-18-20(10-15)12-16(21)11-19-7-3-6-13-4-1-2-5-14(13)9-19/h1-2,4-5,8,10,16,21H,3,6-7,9,11-12,17H2. The Kier molecular flexibility index (Phi) is 4.22. The monoisotopic (exact) mass is 286 g/mol. The van der Waals surface area contributed by atoms with E-state index in [2.05, 4.69) is 34.3 Å². The number of aliphatic hydroxyl groups is 1. The molecule has 0 spiro atoms. The number of benzene rings is 1. The van der Waals surface area contributed by atoms with Crippen LogP contribution in [-0.4, -0.2) is 39.0 Å². The summed E-state index contributed by atoms with van der Waals surface area (Å²) in [6.45, 7) is 3.07. The van der Waals surface area contributed by atoms with Gasteiger partial charge in [0.1, 0.15) is 0 Å². The van der Waals surface area contributed by atoms with Crippen molar-refractivity contribution >= 4 is 5.69 Å². The summed E-state index contributed by atoms with van der Waals surface area (Å²) in [6, 6.07) is 8.59. The molecule has 1 atom stereocenters. The summed E-state index contributed by atoms with van der Waals surface area (Å²) in [7, 11) is 0. The van der Waals surface area contributed by atoms with E-state index in [0.29, 0.717) is 18.8 Å². The Balaban J connectivity index is 1.60. The molecule has 1 aromatic carbocycles. The normalized spacial score (nSPS) is 17.2. The molecule has 0 saturated heterocycles. The predicted octanol–water partition coefficient (Wildman–Crippen LogP) is 1.27. The summed E-state index contributed by atoms with van der Waals surface area (Å²) in [4.78, 5) is 2.32. The Morgan fingerprint density at radius 3 is 2.81 bits per heavy atom. The van der Waals surface area contributed by atoms with Crippen molar-refractivity contribution in [2.24, 2.45) is 0 Å². The summed E-state index contributed by atoms with van der Waals surface area (Å²) in [5.41, 5.74) is 9.09. The van der Waals surface area contributed by atoms with Crippen LogP contribution >= 0.6 is 0 Å². The molecule has 3 N–H and O–H groups in total. The van der Waals surface area contributed by atoms with Crippen LogP contribution in [0, 0.1) is 0 Å². The lowest BCUT2D eigenvalue weighted by molar-refractivity contribution is 0.0922.